The van der Waals surface area contributed by atoms with E-state index in [-0.39, 0.29) is 0 Å². The second kappa shape index (κ2) is 3.02. The lowest BCUT2D eigenvalue weighted by molar-refractivity contribution is 0.309. The summed E-state index contributed by atoms with van der Waals surface area (Å²) in [6.07, 6.45) is 7.33. The fraction of sp³-hybridized carbons (Fsp3) is 0.778. The molecule has 0 radical (unpaired) electrons. The van der Waals surface area contributed by atoms with E-state index in [2.05, 4.69) is 4.99 Å². The molecule has 2 unspecified atom stereocenters. The molecule has 0 N–H and O–H groups in total. The number of thiocarbonyl (C=S) groups is 1. The van der Waals surface area contributed by atoms with Gasteiger partial charge in [-0.25, -0.2) is 0 Å². The average Bonchev–Trinajstić information content (AvgIpc) is 2.06. The van der Waals surface area contributed by atoms with Crippen LogP contribution >= 0.6 is 12.2 Å². The van der Waals surface area contributed by atoms with E-state index < -0.39 is 0 Å². The van der Waals surface area contributed by atoms with Crippen molar-refractivity contribution in [2.24, 2.45) is 16.8 Å². The van der Waals surface area contributed by atoms with E-state index in [1.807, 2.05) is 6.21 Å². The van der Waals surface area contributed by atoms with Gasteiger partial charge >= 0.3 is 0 Å². The van der Waals surface area contributed by atoms with Crippen molar-refractivity contribution in [3.05, 3.63) is 0 Å². The monoisotopic (exact) mass is 167 g/mol. The summed E-state index contributed by atoms with van der Waals surface area (Å²) < 4.78 is 0. The van der Waals surface area contributed by atoms with Crippen LogP contribution in [0.1, 0.15) is 25.7 Å². The van der Waals surface area contributed by atoms with Crippen molar-refractivity contribution < 1.29 is 0 Å². The van der Waals surface area contributed by atoms with Crippen LogP contribution in [0.15, 0.2) is 4.99 Å². The summed E-state index contributed by atoms with van der Waals surface area (Å²) in [7, 11) is 0. The Morgan fingerprint density at radius 2 is 2.18 bits per heavy atom. The van der Waals surface area contributed by atoms with Crippen molar-refractivity contribution in [3.8, 4) is 0 Å². The molecule has 1 heterocycles. The van der Waals surface area contributed by atoms with Gasteiger partial charge in [0.2, 0.25) is 0 Å². The van der Waals surface area contributed by atoms with Crippen LogP contribution in [-0.4, -0.2) is 17.6 Å². The molecule has 2 heteroatoms. The Balaban J connectivity index is 2.14. The highest BCUT2D eigenvalue weighted by molar-refractivity contribution is 7.81. The Morgan fingerprint density at radius 3 is 3.00 bits per heavy atom. The first-order valence-corrected chi connectivity index (χ1v) is 4.82. The molecule has 0 amide bonds. The summed E-state index contributed by atoms with van der Waals surface area (Å²) in [5.41, 5.74) is 0. The zero-order chi connectivity index (χ0) is 7.68. The average molecular weight is 167 g/mol. The number of hydrogen-bond donors (Lipinski definition) is 0. The first kappa shape index (κ1) is 7.41. The Kier molecular flexibility index (Phi) is 2.03. The van der Waals surface area contributed by atoms with Crippen molar-refractivity contribution >= 4 is 23.3 Å². The molecule has 1 saturated carbocycles. The molecule has 1 nitrogen and oxygen atoms in total. The van der Waals surface area contributed by atoms with E-state index in [0.717, 1.165) is 17.3 Å². The molecule has 0 bridgehead atoms. The smallest absolute Gasteiger partial charge is 0.0424 e. The highest BCUT2D eigenvalue weighted by Crippen LogP contribution is 2.32. The van der Waals surface area contributed by atoms with Crippen LogP contribution in [-0.2, 0) is 0 Å². The van der Waals surface area contributed by atoms with Gasteiger partial charge < -0.3 is 0 Å². The quantitative estimate of drug-likeness (QED) is 0.504. The number of rotatable bonds is 0. The van der Waals surface area contributed by atoms with Gasteiger partial charge in [0, 0.05) is 23.5 Å². The Morgan fingerprint density at radius 1 is 1.36 bits per heavy atom. The zero-order valence-electron chi connectivity index (χ0n) is 6.62. The summed E-state index contributed by atoms with van der Waals surface area (Å²) >= 11 is 5.25. The third-order valence-corrected chi connectivity index (χ3v) is 3.24. The van der Waals surface area contributed by atoms with Gasteiger partial charge in [0.15, 0.2) is 0 Å². The van der Waals surface area contributed by atoms with Gasteiger partial charge in [0.1, 0.15) is 0 Å². The van der Waals surface area contributed by atoms with Gasteiger partial charge in [-0.15, -0.1) is 0 Å². The summed E-state index contributed by atoms with van der Waals surface area (Å²) in [5.74, 6) is 1.50. The number of nitrogens with zero attached hydrogens (tertiary/aromatic N) is 1. The van der Waals surface area contributed by atoms with Crippen molar-refractivity contribution in [1.82, 2.24) is 0 Å². The van der Waals surface area contributed by atoms with E-state index in [0.29, 0.717) is 5.92 Å². The maximum atomic E-state index is 5.25. The van der Waals surface area contributed by atoms with E-state index in [1.165, 1.54) is 25.7 Å². The molecule has 2 rings (SSSR count). The molecule has 0 saturated heterocycles. The van der Waals surface area contributed by atoms with Crippen molar-refractivity contribution in [3.63, 3.8) is 0 Å². The van der Waals surface area contributed by atoms with E-state index >= 15 is 0 Å². The fourth-order valence-electron chi connectivity index (χ4n) is 2.17. The Hall–Kier alpha value is -0.240. The lowest BCUT2D eigenvalue weighted by Crippen LogP contribution is -2.32. The normalized spacial score (nSPS) is 36.9. The predicted octanol–water partition coefficient (Wildman–Crippen LogP) is 2.25. The topological polar surface area (TPSA) is 12.4 Å². The van der Waals surface area contributed by atoms with Crippen molar-refractivity contribution in [1.29, 1.82) is 0 Å². The summed E-state index contributed by atoms with van der Waals surface area (Å²) in [6.45, 7) is 1.03. The number of aliphatic imine (C=N–C) groups is 1. The SMILES string of the molecule is S=C1C=NCC2CCCCC12. The maximum absolute atomic E-state index is 5.25. The zero-order valence-corrected chi connectivity index (χ0v) is 7.44. The molecule has 1 fully saturated rings. The second-order valence-corrected chi connectivity index (χ2v) is 4.02. The van der Waals surface area contributed by atoms with Gasteiger partial charge in [-0.3, -0.25) is 4.99 Å². The molecule has 0 aromatic carbocycles. The van der Waals surface area contributed by atoms with Crippen LogP contribution in [0.5, 0.6) is 0 Å². The summed E-state index contributed by atoms with van der Waals surface area (Å²) in [4.78, 5) is 5.39. The third-order valence-electron chi connectivity index (χ3n) is 2.83. The first-order chi connectivity index (χ1) is 5.38. The van der Waals surface area contributed by atoms with Gasteiger partial charge in [-0.1, -0.05) is 25.1 Å². The van der Waals surface area contributed by atoms with E-state index in [1.54, 1.807) is 0 Å². The molecular weight excluding hydrogens is 154 g/mol. The molecule has 60 valence electrons. The number of fused-ring (bicyclic) bond motifs is 1. The van der Waals surface area contributed by atoms with Crippen LogP contribution in [0.25, 0.3) is 0 Å². The van der Waals surface area contributed by atoms with Crippen LogP contribution in [0, 0.1) is 11.8 Å². The minimum Gasteiger partial charge on any atom is -0.292 e. The van der Waals surface area contributed by atoms with Crippen molar-refractivity contribution in [2.75, 3.05) is 6.54 Å². The molecule has 0 aromatic rings. The van der Waals surface area contributed by atoms with E-state index in [4.69, 9.17) is 12.2 Å². The van der Waals surface area contributed by atoms with Gasteiger partial charge in [-0.05, 0) is 18.8 Å². The molecular formula is C9H13NS. The molecule has 0 spiro atoms. The summed E-state index contributed by atoms with van der Waals surface area (Å²) in [5, 5.41) is 0. The third kappa shape index (κ3) is 1.36. The second-order valence-electron chi connectivity index (χ2n) is 3.55. The molecule has 2 atom stereocenters. The van der Waals surface area contributed by atoms with Crippen LogP contribution in [0.4, 0.5) is 0 Å². The largest absolute Gasteiger partial charge is 0.292 e. The molecule has 1 aliphatic heterocycles. The first-order valence-electron chi connectivity index (χ1n) is 4.41. The lowest BCUT2D eigenvalue weighted by atomic mass is 9.76. The van der Waals surface area contributed by atoms with Crippen molar-refractivity contribution in [2.45, 2.75) is 25.7 Å². The van der Waals surface area contributed by atoms with E-state index in [9.17, 15) is 0 Å². The molecule has 1 aliphatic carbocycles. The highest BCUT2D eigenvalue weighted by Gasteiger charge is 2.29. The minimum absolute atomic E-state index is 0.705. The van der Waals surface area contributed by atoms with Gasteiger partial charge in [-0.2, -0.15) is 0 Å². The Labute approximate surface area is 72.9 Å². The highest BCUT2D eigenvalue weighted by atomic mass is 32.1. The van der Waals surface area contributed by atoms with Gasteiger partial charge in [0.25, 0.3) is 0 Å². The standard InChI is InChI=1S/C9H13NS/c11-9-6-10-5-7-3-1-2-4-8(7)9/h6-8H,1-5H2. The fourth-order valence-corrected chi connectivity index (χ4v) is 2.56. The summed E-state index contributed by atoms with van der Waals surface area (Å²) in [6, 6.07) is 0. The molecule has 11 heavy (non-hydrogen) atoms. The minimum atomic E-state index is 0.705. The Bertz CT molecular complexity index is 198. The van der Waals surface area contributed by atoms with Crippen LogP contribution < -0.4 is 0 Å². The number of hydrogen-bond acceptors (Lipinski definition) is 2. The predicted molar refractivity (Wildman–Crippen MR) is 51.4 cm³/mol. The lowest BCUT2D eigenvalue weighted by Gasteiger charge is -2.32. The van der Waals surface area contributed by atoms with Crippen LogP contribution in [0.3, 0.4) is 0 Å². The van der Waals surface area contributed by atoms with Gasteiger partial charge in [0.05, 0.1) is 0 Å². The maximum Gasteiger partial charge on any atom is 0.0424 e. The van der Waals surface area contributed by atoms with Crippen LogP contribution in [0.2, 0.25) is 0 Å². The molecule has 0 aromatic heterocycles. The molecule has 2 aliphatic rings.